The van der Waals surface area contributed by atoms with Crippen LogP contribution in [0.4, 0.5) is 23.2 Å². The van der Waals surface area contributed by atoms with E-state index < -0.39 is 92.3 Å². The first-order valence-corrected chi connectivity index (χ1v) is 23.9. The molecule has 0 spiro atoms. The van der Waals surface area contributed by atoms with Gasteiger partial charge in [-0.1, -0.05) is 50.2 Å². The minimum Gasteiger partial charge on any atom is -0.481 e. The van der Waals surface area contributed by atoms with Gasteiger partial charge in [-0.2, -0.15) is 16.8 Å². The Kier molecular flexibility index (Phi) is 16.4. The standard InChI is InChI=1S/C40H34F4N2O8S3.2O3S/c1-40(2)29-17-24(45(3)19-22-9-13-26(14-10-22)56(49,50)51)11-15-27(29)33(34-35(41)37(43)39(38(44)36(34)42)55-21-32(47)48)28-16-12-25(18-30(28)40)46(4)20-23-7-5-6-8-31(23)57(52,53)54;2*1-4(2)3/h5-18H,19-21H2,1-4H3,(H2-,47,48,49,50,51,52,53,54);;/p+1. The van der Waals surface area contributed by atoms with Gasteiger partial charge in [-0.25, -0.2) is 22.1 Å². The molecule has 0 fully saturated rings. The SMILES string of the molecule is CN(Cc1ccccc1S(=O)(=O)O)c1ccc2c(c1)C(C)(C)C1=CC(=[N+](C)Cc3ccc(S(=O)(=O)O)cc3)C=CC1=C2c1c(F)c(F)c(SCC(=O)O)c(F)c1F.O=S(=O)=O.O=S(=O)=O. The van der Waals surface area contributed by atoms with Gasteiger partial charge in [0.2, 0.25) is 0 Å². The molecule has 0 aliphatic heterocycles. The first-order chi connectivity index (χ1) is 30.1. The Morgan fingerprint density at radius 2 is 1.35 bits per heavy atom. The number of nitrogens with zero attached hydrogens (tertiary/aromatic N) is 2. The van der Waals surface area contributed by atoms with Crippen LogP contribution < -0.4 is 4.90 Å². The third kappa shape index (κ3) is 12.3. The monoisotopic (exact) mass is 1000 g/mol. The molecule has 16 nitrogen and oxygen atoms in total. The molecule has 0 saturated heterocycles. The number of fused-ring (bicyclic) bond motifs is 2. The van der Waals surface area contributed by atoms with Crippen molar-refractivity contribution >= 4 is 76.2 Å². The number of carbonyl (C=O) groups is 1. The van der Waals surface area contributed by atoms with Crippen LogP contribution in [-0.2, 0) is 64.8 Å². The van der Waals surface area contributed by atoms with Gasteiger partial charge in [-0.15, -0.1) is 37.0 Å². The molecule has 2 aliphatic carbocycles. The van der Waals surface area contributed by atoms with E-state index in [0.717, 1.165) is 0 Å². The smallest absolute Gasteiger partial charge is 0.425 e. The van der Waals surface area contributed by atoms with E-state index in [0.29, 0.717) is 28.1 Å². The van der Waals surface area contributed by atoms with E-state index in [2.05, 4.69) is 0 Å². The number of hydrogen-bond acceptors (Lipinski definition) is 13. The van der Waals surface area contributed by atoms with Crippen LogP contribution in [0.5, 0.6) is 0 Å². The molecule has 0 atom stereocenters. The summed E-state index contributed by atoms with van der Waals surface area (Å²) in [5, 5.41) is 9.07. The van der Waals surface area contributed by atoms with Crippen molar-refractivity contribution in [2.24, 2.45) is 0 Å². The summed E-state index contributed by atoms with van der Waals surface area (Å²) in [6.07, 6.45) is 5.00. The van der Waals surface area contributed by atoms with Crippen molar-refractivity contribution in [3.05, 3.63) is 147 Å². The van der Waals surface area contributed by atoms with Crippen LogP contribution >= 0.6 is 11.8 Å². The number of aliphatic carboxylic acids is 1. The normalized spacial score (nSPS) is 14.6. The lowest BCUT2D eigenvalue weighted by molar-refractivity contribution is -0.512. The molecule has 0 unspecified atom stereocenters. The zero-order valence-corrected chi connectivity index (χ0v) is 38.1. The van der Waals surface area contributed by atoms with Crippen molar-refractivity contribution in [2.45, 2.75) is 47.0 Å². The molecule has 25 heteroatoms. The maximum absolute atomic E-state index is 16.2. The quantitative estimate of drug-likeness (QED) is 0.0558. The van der Waals surface area contributed by atoms with Crippen LogP contribution in [0.2, 0.25) is 0 Å². The highest BCUT2D eigenvalue weighted by atomic mass is 32.2. The van der Waals surface area contributed by atoms with Gasteiger partial charge in [-0.3, -0.25) is 13.9 Å². The van der Waals surface area contributed by atoms with Crippen molar-refractivity contribution in [2.75, 3.05) is 24.7 Å². The molecule has 0 saturated carbocycles. The summed E-state index contributed by atoms with van der Waals surface area (Å²) >= 11 is 0.107. The third-order valence-electron chi connectivity index (χ3n) is 9.89. The van der Waals surface area contributed by atoms with Crippen LogP contribution in [0.3, 0.4) is 0 Å². The van der Waals surface area contributed by atoms with E-state index in [1.54, 1.807) is 61.5 Å². The number of halogens is 4. The van der Waals surface area contributed by atoms with Gasteiger partial charge >= 0.3 is 27.2 Å². The fourth-order valence-electron chi connectivity index (χ4n) is 7.03. The predicted molar refractivity (Wildman–Crippen MR) is 226 cm³/mol. The highest BCUT2D eigenvalue weighted by Gasteiger charge is 2.41. The molecule has 0 radical (unpaired) electrons. The number of rotatable bonds is 11. The van der Waals surface area contributed by atoms with Crippen LogP contribution in [-0.4, -0.2) is 92.4 Å². The predicted octanol–water partition coefficient (Wildman–Crippen LogP) is 5.41. The van der Waals surface area contributed by atoms with Crippen molar-refractivity contribution in [1.29, 1.82) is 0 Å². The molecule has 4 aromatic rings. The van der Waals surface area contributed by atoms with Crippen molar-refractivity contribution in [3.63, 3.8) is 0 Å². The van der Waals surface area contributed by atoms with Crippen LogP contribution in [0.25, 0.3) is 5.57 Å². The van der Waals surface area contributed by atoms with Crippen molar-refractivity contribution in [1.82, 2.24) is 0 Å². The first-order valence-electron chi connectivity index (χ1n) is 18.0. The summed E-state index contributed by atoms with van der Waals surface area (Å²) in [6.45, 7) is 3.98. The maximum atomic E-state index is 16.2. The Balaban J connectivity index is 0.00000107. The van der Waals surface area contributed by atoms with Crippen LogP contribution in [0.1, 0.15) is 41.7 Å². The third-order valence-corrected chi connectivity index (χ3v) is 12.7. The average molecular weight is 1000 g/mol. The topological polar surface area (TPSA) is 255 Å². The largest absolute Gasteiger partial charge is 0.481 e. The number of carboxylic acids is 1. The molecular formula is C40H35F4N2O14S5+. The molecular weight excluding hydrogens is 969 g/mol. The summed E-state index contributed by atoms with van der Waals surface area (Å²) in [7, 11) is -11.8. The molecule has 3 N–H and O–H groups in total. The Morgan fingerprint density at radius 1 is 0.800 bits per heavy atom. The zero-order valence-electron chi connectivity index (χ0n) is 34.0. The number of benzene rings is 4. The van der Waals surface area contributed by atoms with Gasteiger partial charge in [0, 0.05) is 48.0 Å². The molecule has 65 heavy (non-hydrogen) atoms. The number of allylic oxidation sites excluding steroid dienone is 5. The summed E-state index contributed by atoms with van der Waals surface area (Å²) in [6, 6.07) is 16.3. The maximum Gasteiger partial charge on any atom is 0.425 e. The van der Waals surface area contributed by atoms with E-state index >= 15 is 17.6 Å². The molecule has 0 heterocycles. The average Bonchev–Trinajstić information content (AvgIpc) is 3.20. The van der Waals surface area contributed by atoms with Gasteiger partial charge < -0.3 is 10.0 Å². The number of carboxylic acid groups (broad SMARTS) is 1. The zero-order chi connectivity index (χ0) is 48.9. The molecule has 2 aliphatic rings. The summed E-state index contributed by atoms with van der Waals surface area (Å²) in [5.41, 5.74) is 1.48. The highest BCUT2D eigenvalue weighted by Crippen LogP contribution is 2.52. The van der Waals surface area contributed by atoms with E-state index in [-0.39, 0.29) is 56.9 Å². The fourth-order valence-corrected chi connectivity index (χ4v) is 8.92. The van der Waals surface area contributed by atoms with Crippen molar-refractivity contribution < 1.29 is 83.2 Å². The summed E-state index contributed by atoms with van der Waals surface area (Å²) in [5.74, 6) is -9.24. The van der Waals surface area contributed by atoms with Crippen LogP contribution in [0, 0.1) is 23.3 Å². The Bertz CT molecular complexity index is 3120. The second kappa shape index (κ2) is 20.6. The number of thioether (sulfide) groups is 1. The van der Waals surface area contributed by atoms with E-state index in [1.807, 2.05) is 18.4 Å². The van der Waals surface area contributed by atoms with E-state index in [9.17, 15) is 30.7 Å². The fraction of sp³-hybridized carbons (Fsp3) is 0.200. The molecule has 4 aromatic carbocycles. The lowest BCUT2D eigenvalue weighted by Gasteiger charge is -2.39. The minimum atomic E-state index is -4.56. The Hall–Kier alpha value is -5.83. The molecule has 0 aromatic heterocycles. The lowest BCUT2D eigenvalue weighted by atomic mass is 9.64. The van der Waals surface area contributed by atoms with Crippen molar-refractivity contribution in [3.8, 4) is 0 Å². The number of anilines is 1. The Morgan fingerprint density at radius 3 is 1.88 bits per heavy atom. The first kappa shape index (κ1) is 51.8. The number of hydrogen-bond donors (Lipinski definition) is 3. The summed E-state index contributed by atoms with van der Waals surface area (Å²) in [4.78, 5) is 11.2. The highest BCUT2D eigenvalue weighted by molar-refractivity contribution is 8.00. The summed E-state index contributed by atoms with van der Waals surface area (Å²) < 4.78 is 183. The van der Waals surface area contributed by atoms with Gasteiger partial charge in [0.05, 0.1) is 26.0 Å². The van der Waals surface area contributed by atoms with Gasteiger partial charge in [0.25, 0.3) is 20.2 Å². The molecule has 346 valence electrons. The molecule has 0 bridgehead atoms. The van der Waals surface area contributed by atoms with Crippen LogP contribution in [0.15, 0.2) is 111 Å². The lowest BCUT2D eigenvalue weighted by Crippen LogP contribution is -2.31. The van der Waals surface area contributed by atoms with E-state index in [4.69, 9.17) is 30.4 Å². The van der Waals surface area contributed by atoms with Gasteiger partial charge in [0.1, 0.15) is 7.05 Å². The minimum absolute atomic E-state index is 0.0116. The second-order valence-corrected chi connectivity index (χ2v) is 19.0. The second-order valence-electron chi connectivity index (χ2n) is 14.4. The Labute approximate surface area is 376 Å². The van der Waals surface area contributed by atoms with E-state index in [1.165, 1.54) is 42.5 Å². The van der Waals surface area contributed by atoms with Gasteiger partial charge in [-0.05, 0) is 64.2 Å². The molecule has 0 amide bonds. The van der Waals surface area contributed by atoms with Gasteiger partial charge in [0.15, 0.2) is 35.5 Å². The molecule has 6 rings (SSSR count).